The van der Waals surface area contributed by atoms with Crippen LogP contribution < -0.4 is 0 Å². The van der Waals surface area contributed by atoms with Crippen LogP contribution in [0.2, 0.25) is 0 Å². The molecule has 0 saturated heterocycles. The number of carbonyl (C=O) groups is 2. The van der Waals surface area contributed by atoms with Gasteiger partial charge in [-0.15, -0.1) is 0 Å². The Morgan fingerprint density at radius 3 is 2.65 bits per heavy atom. The first-order chi connectivity index (χ1) is 8.22. The number of imide groups is 1. The first-order valence-electron chi connectivity index (χ1n) is 5.73. The van der Waals surface area contributed by atoms with Crippen molar-refractivity contribution in [3.8, 4) is 0 Å². The molecule has 0 spiro atoms. The maximum Gasteiger partial charge on any atom is 0.284 e. The molecule has 1 aliphatic rings. The Hall–Kier alpha value is -1.68. The van der Waals surface area contributed by atoms with Crippen molar-refractivity contribution in [2.45, 2.75) is 32.3 Å². The topological polar surface area (TPSA) is 46.6 Å². The number of benzene rings is 1. The van der Waals surface area contributed by atoms with Gasteiger partial charge in [-0.1, -0.05) is 18.2 Å². The summed E-state index contributed by atoms with van der Waals surface area (Å²) in [5.74, 6) is -0.398. The Morgan fingerprint density at radius 2 is 2.12 bits per heavy atom. The molecule has 0 N–H and O–H groups in total. The second-order valence-electron chi connectivity index (χ2n) is 4.21. The molecule has 1 aromatic rings. The lowest BCUT2D eigenvalue weighted by atomic mass is 9.97. The SMILES string of the molecule is Cc1ccccc1C(=O)N(C=O)OC1CCC1. The van der Waals surface area contributed by atoms with Crippen LogP contribution in [0.15, 0.2) is 24.3 Å². The van der Waals surface area contributed by atoms with Crippen molar-refractivity contribution >= 4 is 12.3 Å². The fourth-order valence-electron chi connectivity index (χ4n) is 1.69. The van der Waals surface area contributed by atoms with Crippen LogP contribution in [-0.4, -0.2) is 23.5 Å². The minimum Gasteiger partial charge on any atom is -0.276 e. The number of hydroxylamine groups is 2. The highest BCUT2D eigenvalue weighted by Gasteiger charge is 2.25. The van der Waals surface area contributed by atoms with Crippen LogP contribution in [0.1, 0.15) is 35.2 Å². The fraction of sp³-hybridized carbons (Fsp3) is 0.385. The zero-order valence-electron chi connectivity index (χ0n) is 9.76. The molecule has 0 radical (unpaired) electrons. The molecule has 0 aromatic heterocycles. The number of hydrogen-bond donors (Lipinski definition) is 0. The van der Waals surface area contributed by atoms with Crippen molar-refractivity contribution in [1.29, 1.82) is 0 Å². The van der Waals surface area contributed by atoms with E-state index in [2.05, 4.69) is 0 Å². The molecule has 0 aliphatic heterocycles. The van der Waals surface area contributed by atoms with Crippen LogP contribution in [0.25, 0.3) is 0 Å². The monoisotopic (exact) mass is 233 g/mol. The summed E-state index contributed by atoms with van der Waals surface area (Å²) in [5.41, 5.74) is 1.33. The van der Waals surface area contributed by atoms with Gasteiger partial charge < -0.3 is 0 Å². The van der Waals surface area contributed by atoms with Gasteiger partial charge in [-0.2, -0.15) is 5.06 Å². The van der Waals surface area contributed by atoms with Crippen molar-refractivity contribution in [1.82, 2.24) is 5.06 Å². The molecule has 17 heavy (non-hydrogen) atoms. The Kier molecular flexibility index (Phi) is 3.54. The van der Waals surface area contributed by atoms with Gasteiger partial charge in [-0.3, -0.25) is 14.4 Å². The molecule has 0 unspecified atom stereocenters. The Balaban J connectivity index is 2.11. The van der Waals surface area contributed by atoms with Gasteiger partial charge in [0.25, 0.3) is 5.91 Å². The summed E-state index contributed by atoms with van der Waals surface area (Å²) in [4.78, 5) is 28.3. The minimum atomic E-state index is -0.398. The van der Waals surface area contributed by atoms with Crippen LogP contribution in [0.5, 0.6) is 0 Å². The van der Waals surface area contributed by atoms with Crippen LogP contribution >= 0.6 is 0 Å². The summed E-state index contributed by atoms with van der Waals surface area (Å²) >= 11 is 0. The predicted octanol–water partition coefficient (Wildman–Crippen LogP) is 2.08. The maximum absolute atomic E-state index is 12.0. The summed E-state index contributed by atoms with van der Waals surface area (Å²) in [5, 5.41) is 0.812. The molecule has 2 rings (SSSR count). The van der Waals surface area contributed by atoms with Crippen LogP contribution in [0, 0.1) is 6.92 Å². The van der Waals surface area contributed by atoms with Gasteiger partial charge in [0.2, 0.25) is 6.41 Å². The molecule has 90 valence electrons. The van der Waals surface area contributed by atoms with Crippen molar-refractivity contribution in [3.63, 3.8) is 0 Å². The van der Waals surface area contributed by atoms with E-state index in [0.29, 0.717) is 12.0 Å². The molecule has 0 heterocycles. The van der Waals surface area contributed by atoms with E-state index in [1.54, 1.807) is 12.1 Å². The second kappa shape index (κ2) is 5.10. The fourth-order valence-corrected chi connectivity index (χ4v) is 1.69. The van der Waals surface area contributed by atoms with Gasteiger partial charge in [-0.05, 0) is 37.8 Å². The third-order valence-corrected chi connectivity index (χ3v) is 2.99. The highest BCUT2D eigenvalue weighted by Crippen LogP contribution is 2.23. The molecular formula is C13H15NO3. The molecule has 0 atom stereocenters. The molecule has 4 heteroatoms. The lowest BCUT2D eigenvalue weighted by molar-refractivity contribution is -0.185. The summed E-state index contributed by atoms with van der Waals surface area (Å²) in [7, 11) is 0. The number of amides is 2. The summed E-state index contributed by atoms with van der Waals surface area (Å²) < 4.78 is 0. The van der Waals surface area contributed by atoms with E-state index in [9.17, 15) is 9.59 Å². The zero-order chi connectivity index (χ0) is 12.3. The van der Waals surface area contributed by atoms with E-state index in [-0.39, 0.29) is 6.10 Å². The van der Waals surface area contributed by atoms with Crippen molar-refractivity contribution in [2.75, 3.05) is 0 Å². The zero-order valence-corrected chi connectivity index (χ0v) is 9.76. The lowest BCUT2D eigenvalue weighted by Crippen LogP contribution is -2.37. The van der Waals surface area contributed by atoms with Gasteiger partial charge in [-0.25, -0.2) is 0 Å². The molecular weight excluding hydrogens is 218 g/mol. The molecule has 0 bridgehead atoms. The Morgan fingerprint density at radius 1 is 1.41 bits per heavy atom. The van der Waals surface area contributed by atoms with E-state index in [1.807, 2.05) is 19.1 Å². The summed E-state index contributed by atoms with van der Waals surface area (Å²) in [6, 6.07) is 7.15. The highest BCUT2D eigenvalue weighted by atomic mass is 16.7. The van der Waals surface area contributed by atoms with Crippen molar-refractivity contribution in [3.05, 3.63) is 35.4 Å². The number of aryl methyl sites for hydroxylation is 1. The van der Waals surface area contributed by atoms with Crippen molar-refractivity contribution in [2.24, 2.45) is 0 Å². The average molecular weight is 233 g/mol. The smallest absolute Gasteiger partial charge is 0.276 e. The number of nitrogens with zero attached hydrogens (tertiary/aromatic N) is 1. The first kappa shape index (κ1) is 11.8. The minimum absolute atomic E-state index is 0.00756. The summed E-state index contributed by atoms with van der Waals surface area (Å²) in [6.45, 7) is 1.83. The standard InChI is InChI=1S/C13H15NO3/c1-10-5-2-3-8-12(10)13(16)14(9-15)17-11-6-4-7-11/h2-3,5,8-9,11H,4,6-7H2,1H3. The number of rotatable bonds is 4. The van der Waals surface area contributed by atoms with Crippen molar-refractivity contribution < 1.29 is 14.4 Å². The van der Waals surface area contributed by atoms with Gasteiger partial charge in [0.15, 0.2) is 0 Å². The van der Waals surface area contributed by atoms with E-state index in [0.717, 1.165) is 29.9 Å². The van der Waals surface area contributed by atoms with Crippen LogP contribution in [0.3, 0.4) is 0 Å². The van der Waals surface area contributed by atoms with E-state index < -0.39 is 5.91 Å². The largest absolute Gasteiger partial charge is 0.284 e. The van der Waals surface area contributed by atoms with Gasteiger partial charge in [0.1, 0.15) is 0 Å². The molecule has 2 amide bonds. The molecule has 1 aromatic carbocycles. The van der Waals surface area contributed by atoms with E-state index >= 15 is 0 Å². The lowest BCUT2D eigenvalue weighted by Gasteiger charge is -2.28. The molecule has 4 nitrogen and oxygen atoms in total. The molecule has 1 saturated carbocycles. The third-order valence-electron chi connectivity index (χ3n) is 2.99. The Bertz CT molecular complexity index is 426. The number of carbonyl (C=O) groups excluding carboxylic acids is 2. The highest BCUT2D eigenvalue weighted by molar-refractivity contribution is 5.99. The third kappa shape index (κ3) is 2.53. The van der Waals surface area contributed by atoms with Crippen LogP contribution in [0.4, 0.5) is 0 Å². The summed E-state index contributed by atoms with van der Waals surface area (Å²) in [6.07, 6.45) is 3.35. The van der Waals surface area contributed by atoms with E-state index in [1.165, 1.54) is 0 Å². The average Bonchev–Trinajstić information content (AvgIpc) is 2.28. The number of hydrogen-bond acceptors (Lipinski definition) is 3. The van der Waals surface area contributed by atoms with E-state index in [4.69, 9.17) is 4.84 Å². The maximum atomic E-state index is 12.0. The Labute approximate surface area is 100 Å². The molecule has 1 fully saturated rings. The quantitative estimate of drug-likeness (QED) is 0.591. The van der Waals surface area contributed by atoms with Crippen LogP contribution in [-0.2, 0) is 9.63 Å². The predicted molar refractivity (Wildman–Crippen MR) is 62.1 cm³/mol. The normalized spacial score (nSPS) is 15.1. The first-order valence-corrected chi connectivity index (χ1v) is 5.73. The van der Waals surface area contributed by atoms with Gasteiger partial charge in [0, 0.05) is 5.56 Å². The second-order valence-corrected chi connectivity index (χ2v) is 4.21. The molecule has 1 aliphatic carbocycles. The van der Waals surface area contributed by atoms with Gasteiger partial charge >= 0.3 is 0 Å². The van der Waals surface area contributed by atoms with Gasteiger partial charge in [0.05, 0.1) is 6.10 Å².